The number of aliphatic hydroxyl groups excluding tert-OH is 1. The fraction of sp³-hybridized carbons (Fsp3) is 0.750. The lowest BCUT2D eigenvalue weighted by Gasteiger charge is -2.16. The molecule has 1 aromatic rings. The minimum absolute atomic E-state index is 0.0971. The summed E-state index contributed by atoms with van der Waals surface area (Å²) in [5.74, 6) is 0. The van der Waals surface area contributed by atoms with Crippen molar-refractivity contribution in [3.05, 3.63) is 17.5 Å². The summed E-state index contributed by atoms with van der Waals surface area (Å²) < 4.78 is 2.02. The third-order valence-electron chi connectivity index (χ3n) is 2.74. The first-order chi connectivity index (χ1) is 7.74. The van der Waals surface area contributed by atoms with E-state index in [2.05, 4.69) is 30.3 Å². The van der Waals surface area contributed by atoms with Gasteiger partial charge in [-0.25, -0.2) is 0 Å². The van der Waals surface area contributed by atoms with E-state index in [0.29, 0.717) is 0 Å². The van der Waals surface area contributed by atoms with E-state index in [1.165, 1.54) is 5.69 Å². The summed E-state index contributed by atoms with van der Waals surface area (Å²) in [4.78, 5) is 0. The summed E-state index contributed by atoms with van der Waals surface area (Å²) in [6.45, 7) is 8.05. The normalized spacial score (nSPS) is 13.0. The fourth-order valence-electron chi connectivity index (χ4n) is 1.81. The Hall–Kier alpha value is -0.870. The molecule has 1 heterocycles. The minimum atomic E-state index is 0.0971. The van der Waals surface area contributed by atoms with E-state index in [9.17, 15) is 5.11 Å². The number of rotatable bonds is 7. The smallest absolute Gasteiger partial charge is 0.0624 e. The van der Waals surface area contributed by atoms with Gasteiger partial charge in [0, 0.05) is 11.7 Å². The maximum atomic E-state index is 9.24. The number of likely N-dealkylation sites (N-methyl/N-ethyl adjacent to an activating group) is 1. The Labute approximate surface area is 97.7 Å². The van der Waals surface area contributed by atoms with Gasteiger partial charge in [0.2, 0.25) is 0 Å². The molecule has 0 spiro atoms. The highest BCUT2D eigenvalue weighted by atomic mass is 16.3. The monoisotopic (exact) mass is 225 g/mol. The Morgan fingerprint density at radius 1 is 1.38 bits per heavy atom. The second-order valence-corrected chi connectivity index (χ2v) is 3.95. The highest BCUT2D eigenvalue weighted by molar-refractivity contribution is 5.10. The molecular weight excluding hydrogens is 202 g/mol. The van der Waals surface area contributed by atoms with E-state index >= 15 is 0 Å². The zero-order chi connectivity index (χ0) is 12.0. The van der Waals surface area contributed by atoms with E-state index in [4.69, 9.17) is 0 Å². The minimum Gasteiger partial charge on any atom is -0.395 e. The molecule has 1 atom stereocenters. The predicted molar refractivity (Wildman–Crippen MR) is 65.5 cm³/mol. The molecule has 92 valence electrons. The van der Waals surface area contributed by atoms with Crippen LogP contribution in [0, 0.1) is 0 Å². The van der Waals surface area contributed by atoms with Crippen LogP contribution in [0.15, 0.2) is 6.07 Å². The van der Waals surface area contributed by atoms with Crippen molar-refractivity contribution < 1.29 is 5.11 Å². The number of aromatic nitrogens is 2. The van der Waals surface area contributed by atoms with Gasteiger partial charge in [-0.15, -0.1) is 0 Å². The molecule has 2 N–H and O–H groups in total. The number of nitrogens with zero attached hydrogens (tertiary/aromatic N) is 2. The standard InChI is InChI=1S/C12H23N3O/c1-4-10-7-12(5-2)15(14-10)8-11(9-16)13-6-3/h7,11,13,16H,4-6,8-9H2,1-3H3. The molecule has 16 heavy (non-hydrogen) atoms. The van der Waals surface area contributed by atoms with Crippen LogP contribution in [-0.2, 0) is 19.4 Å². The van der Waals surface area contributed by atoms with Crippen LogP contribution in [0.1, 0.15) is 32.2 Å². The van der Waals surface area contributed by atoms with E-state index in [-0.39, 0.29) is 12.6 Å². The van der Waals surface area contributed by atoms with Gasteiger partial charge in [0.05, 0.1) is 18.8 Å². The molecule has 0 saturated heterocycles. The van der Waals surface area contributed by atoms with Gasteiger partial charge in [-0.3, -0.25) is 4.68 Å². The fourth-order valence-corrected chi connectivity index (χ4v) is 1.81. The number of hydrogen-bond donors (Lipinski definition) is 2. The van der Waals surface area contributed by atoms with Crippen LogP contribution in [0.2, 0.25) is 0 Å². The molecule has 0 fully saturated rings. The first kappa shape index (κ1) is 13.2. The van der Waals surface area contributed by atoms with E-state index in [0.717, 1.165) is 31.6 Å². The summed E-state index contributed by atoms with van der Waals surface area (Å²) in [5.41, 5.74) is 2.37. The second-order valence-electron chi connectivity index (χ2n) is 3.95. The van der Waals surface area contributed by atoms with Gasteiger partial charge in [-0.2, -0.15) is 5.10 Å². The molecule has 0 radical (unpaired) electrons. The van der Waals surface area contributed by atoms with Crippen LogP contribution in [0.3, 0.4) is 0 Å². The lowest BCUT2D eigenvalue weighted by molar-refractivity contribution is 0.226. The predicted octanol–water partition coefficient (Wildman–Crippen LogP) is 0.978. The molecule has 1 rings (SSSR count). The van der Waals surface area contributed by atoms with Crippen molar-refractivity contribution in [1.82, 2.24) is 15.1 Å². The average Bonchev–Trinajstić information content (AvgIpc) is 2.70. The molecule has 0 aliphatic heterocycles. The highest BCUT2D eigenvalue weighted by Crippen LogP contribution is 2.07. The summed E-state index contributed by atoms with van der Waals surface area (Å²) >= 11 is 0. The van der Waals surface area contributed by atoms with Crippen molar-refractivity contribution >= 4 is 0 Å². The third kappa shape index (κ3) is 3.32. The first-order valence-electron chi connectivity index (χ1n) is 6.14. The highest BCUT2D eigenvalue weighted by Gasteiger charge is 2.11. The molecule has 4 heteroatoms. The van der Waals surface area contributed by atoms with Crippen molar-refractivity contribution in [2.75, 3.05) is 13.2 Å². The third-order valence-corrected chi connectivity index (χ3v) is 2.74. The molecule has 0 aliphatic rings. The van der Waals surface area contributed by atoms with E-state index in [1.54, 1.807) is 0 Å². The molecule has 1 unspecified atom stereocenters. The van der Waals surface area contributed by atoms with Crippen LogP contribution in [0.5, 0.6) is 0 Å². The van der Waals surface area contributed by atoms with Gasteiger partial charge in [0.1, 0.15) is 0 Å². The van der Waals surface area contributed by atoms with E-state index in [1.807, 2.05) is 11.6 Å². The molecule has 0 aliphatic carbocycles. The van der Waals surface area contributed by atoms with E-state index < -0.39 is 0 Å². The Morgan fingerprint density at radius 3 is 2.62 bits per heavy atom. The lowest BCUT2D eigenvalue weighted by Crippen LogP contribution is -2.36. The maximum Gasteiger partial charge on any atom is 0.0624 e. The van der Waals surface area contributed by atoms with Crippen molar-refractivity contribution in [3.63, 3.8) is 0 Å². The van der Waals surface area contributed by atoms with Crippen molar-refractivity contribution in [1.29, 1.82) is 0 Å². The molecule has 0 bridgehead atoms. The molecule has 0 saturated carbocycles. The average molecular weight is 225 g/mol. The second kappa shape index (κ2) is 6.66. The zero-order valence-corrected chi connectivity index (χ0v) is 10.5. The Kier molecular flexibility index (Phi) is 5.49. The SMILES string of the molecule is CCNC(CO)Cn1nc(CC)cc1CC. The number of aliphatic hydroxyl groups is 1. The van der Waals surface area contributed by atoms with Gasteiger partial charge in [-0.05, 0) is 25.5 Å². The lowest BCUT2D eigenvalue weighted by atomic mass is 10.2. The number of aryl methyl sites for hydroxylation is 2. The summed E-state index contributed by atoms with van der Waals surface area (Å²) in [5, 5.41) is 17.0. The first-order valence-corrected chi connectivity index (χ1v) is 6.14. The maximum absolute atomic E-state index is 9.24. The largest absolute Gasteiger partial charge is 0.395 e. The molecule has 4 nitrogen and oxygen atoms in total. The van der Waals surface area contributed by atoms with Gasteiger partial charge in [0.15, 0.2) is 0 Å². The summed E-state index contributed by atoms with van der Waals surface area (Å²) in [6.07, 6.45) is 1.95. The van der Waals surface area contributed by atoms with Crippen molar-refractivity contribution in [2.45, 2.75) is 46.2 Å². The summed E-state index contributed by atoms with van der Waals surface area (Å²) in [7, 11) is 0. The molecule has 0 aromatic carbocycles. The number of nitrogens with one attached hydrogen (secondary N) is 1. The zero-order valence-electron chi connectivity index (χ0n) is 10.5. The topological polar surface area (TPSA) is 50.1 Å². The van der Waals surface area contributed by atoms with Gasteiger partial charge < -0.3 is 10.4 Å². The Bertz CT molecular complexity index is 309. The Balaban J connectivity index is 2.73. The summed E-state index contributed by atoms with van der Waals surface area (Å²) in [6, 6.07) is 2.25. The van der Waals surface area contributed by atoms with Crippen LogP contribution < -0.4 is 5.32 Å². The van der Waals surface area contributed by atoms with Crippen molar-refractivity contribution in [2.24, 2.45) is 0 Å². The Morgan fingerprint density at radius 2 is 2.12 bits per heavy atom. The van der Waals surface area contributed by atoms with Crippen LogP contribution >= 0.6 is 0 Å². The van der Waals surface area contributed by atoms with Crippen LogP contribution in [0.4, 0.5) is 0 Å². The van der Waals surface area contributed by atoms with Gasteiger partial charge in [-0.1, -0.05) is 20.8 Å². The molecule has 0 amide bonds. The van der Waals surface area contributed by atoms with Gasteiger partial charge in [0.25, 0.3) is 0 Å². The van der Waals surface area contributed by atoms with Crippen LogP contribution in [-0.4, -0.2) is 34.1 Å². The molecule has 1 aromatic heterocycles. The number of hydrogen-bond acceptors (Lipinski definition) is 3. The van der Waals surface area contributed by atoms with Gasteiger partial charge >= 0.3 is 0 Å². The van der Waals surface area contributed by atoms with Crippen LogP contribution in [0.25, 0.3) is 0 Å². The quantitative estimate of drug-likeness (QED) is 0.727. The van der Waals surface area contributed by atoms with Crippen molar-refractivity contribution in [3.8, 4) is 0 Å². The molecular formula is C12H23N3O.